The van der Waals surface area contributed by atoms with Gasteiger partial charge in [-0.1, -0.05) is 0 Å². The van der Waals surface area contributed by atoms with E-state index in [1.54, 1.807) is 18.7 Å². The standard InChI is InChI=1S/C12H21N3O5/c1-8(2)13-12(19)14-10(16)6-15-3-4-20-7-9(15)5-11(17)18/h8-9H,3-7H2,1-2H3,(H,17,18)(H2,13,14,16,19). The molecule has 1 aliphatic heterocycles. The van der Waals surface area contributed by atoms with E-state index < -0.39 is 17.9 Å². The van der Waals surface area contributed by atoms with Crippen LogP contribution in [0.4, 0.5) is 4.79 Å². The highest BCUT2D eigenvalue weighted by Gasteiger charge is 2.27. The molecular formula is C12H21N3O5. The van der Waals surface area contributed by atoms with Crippen molar-refractivity contribution >= 4 is 17.9 Å². The SMILES string of the molecule is CC(C)NC(=O)NC(=O)CN1CCOCC1CC(=O)O. The smallest absolute Gasteiger partial charge is 0.321 e. The second-order valence-electron chi connectivity index (χ2n) is 4.97. The monoisotopic (exact) mass is 287 g/mol. The molecule has 0 bridgehead atoms. The number of carboxylic acids is 1. The molecular weight excluding hydrogens is 266 g/mol. The van der Waals surface area contributed by atoms with E-state index in [0.717, 1.165) is 0 Å². The highest BCUT2D eigenvalue weighted by Crippen LogP contribution is 2.10. The van der Waals surface area contributed by atoms with Gasteiger partial charge < -0.3 is 15.2 Å². The van der Waals surface area contributed by atoms with Gasteiger partial charge in [0.15, 0.2) is 0 Å². The van der Waals surface area contributed by atoms with E-state index in [1.807, 2.05) is 0 Å². The predicted molar refractivity (Wildman–Crippen MR) is 70.2 cm³/mol. The number of hydrogen-bond donors (Lipinski definition) is 3. The van der Waals surface area contributed by atoms with Crippen LogP contribution in [0.15, 0.2) is 0 Å². The third-order valence-electron chi connectivity index (χ3n) is 2.78. The van der Waals surface area contributed by atoms with E-state index in [4.69, 9.17) is 9.84 Å². The zero-order valence-electron chi connectivity index (χ0n) is 11.7. The number of carbonyl (C=O) groups excluding carboxylic acids is 2. The van der Waals surface area contributed by atoms with Crippen LogP contribution >= 0.6 is 0 Å². The van der Waals surface area contributed by atoms with E-state index in [0.29, 0.717) is 13.2 Å². The summed E-state index contributed by atoms with van der Waals surface area (Å²) < 4.78 is 5.21. The molecule has 3 amide bonds. The fourth-order valence-corrected chi connectivity index (χ4v) is 1.94. The molecule has 1 aliphatic rings. The molecule has 1 atom stereocenters. The summed E-state index contributed by atoms with van der Waals surface area (Å²) in [6, 6.07) is -0.959. The van der Waals surface area contributed by atoms with Gasteiger partial charge in [0.1, 0.15) is 0 Å². The number of imide groups is 1. The Morgan fingerprint density at radius 2 is 2.10 bits per heavy atom. The van der Waals surface area contributed by atoms with Crippen LogP contribution in [-0.4, -0.2) is 66.3 Å². The number of urea groups is 1. The zero-order chi connectivity index (χ0) is 15.1. The second kappa shape index (κ2) is 7.81. The third kappa shape index (κ3) is 5.98. The number of ether oxygens (including phenoxy) is 1. The maximum atomic E-state index is 11.7. The Morgan fingerprint density at radius 1 is 1.40 bits per heavy atom. The van der Waals surface area contributed by atoms with Gasteiger partial charge in [0.2, 0.25) is 5.91 Å². The molecule has 0 spiro atoms. The molecule has 8 heteroatoms. The topological polar surface area (TPSA) is 108 Å². The zero-order valence-corrected chi connectivity index (χ0v) is 11.7. The first-order valence-corrected chi connectivity index (χ1v) is 6.52. The van der Waals surface area contributed by atoms with Crippen LogP contribution in [0.25, 0.3) is 0 Å². The van der Waals surface area contributed by atoms with Gasteiger partial charge in [-0.3, -0.25) is 19.8 Å². The molecule has 8 nitrogen and oxygen atoms in total. The molecule has 0 aromatic rings. The number of nitrogens with one attached hydrogen (secondary N) is 2. The minimum Gasteiger partial charge on any atom is -0.481 e. The summed E-state index contributed by atoms with van der Waals surface area (Å²) >= 11 is 0. The van der Waals surface area contributed by atoms with Crippen molar-refractivity contribution in [3.8, 4) is 0 Å². The van der Waals surface area contributed by atoms with Gasteiger partial charge in [-0.05, 0) is 13.8 Å². The first kappa shape index (κ1) is 16.4. The number of aliphatic carboxylic acids is 1. The van der Waals surface area contributed by atoms with Crippen molar-refractivity contribution < 1.29 is 24.2 Å². The minimum atomic E-state index is -0.941. The van der Waals surface area contributed by atoms with Gasteiger partial charge in [-0.25, -0.2) is 4.79 Å². The molecule has 114 valence electrons. The number of carbonyl (C=O) groups is 3. The fourth-order valence-electron chi connectivity index (χ4n) is 1.94. The van der Waals surface area contributed by atoms with Crippen molar-refractivity contribution in [1.82, 2.24) is 15.5 Å². The molecule has 1 heterocycles. The number of hydrogen-bond acceptors (Lipinski definition) is 5. The molecule has 3 N–H and O–H groups in total. The number of rotatable bonds is 5. The van der Waals surface area contributed by atoms with E-state index in [-0.39, 0.29) is 31.7 Å². The predicted octanol–water partition coefficient (Wildman–Crippen LogP) is -0.604. The average molecular weight is 287 g/mol. The lowest BCUT2D eigenvalue weighted by atomic mass is 10.1. The lowest BCUT2D eigenvalue weighted by Crippen LogP contribution is -2.52. The number of amides is 3. The van der Waals surface area contributed by atoms with Crippen molar-refractivity contribution in [3.63, 3.8) is 0 Å². The van der Waals surface area contributed by atoms with Gasteiger partial charge in [0, 0.05) is 18.6 Å². The van der Waals surface area contributed by atoms with Crippen LogP contribution in [0.2, 0.25) is 0 Å². The Kier molecular flexibility index (Phi) is 6.40. The molecule has 0 radical (unpaired) electrons. The van der Waals surface area contributed by atoms with Crippen LogP contribution in [0.3, 0.4) is 0 Å². The minimum absolute atomic E-state index is 0.0210. The molecule has 0 aromatic carbocycles. The summed E-state index contributed by atoms with van der Waals surface area (Å²) in [6.45, 7) is 4.74. The maximum Gasteiger partial charge on any atom is 0.321 e. The Balaban J connectivity index is 2.45. The Morgan fingerprint density at radius 3 is 2.70 bits per heavy atom. The van der Waals surface area contributed by atoms with Crippen LogP contribution < -0.4 is 10.6 Å². The van der Waals surface area contributed by atoms with Crippen molar-refractivity contribution in [2.24, 2.45) is 0 Å². The number of nitrogens with zero attached hydrogens (tertiary/aromatic N) is 1. The van der Waals surface area contributed by atoms with Gasteiger partial charge in [-0.2, -0.15) is 0 Å². The first-order valence-electron chi connectivity index (χ1n) is 6.52. The van der Waals surface area contributed by atoms with Gasteiger partial charge in [-0.15, -0.1) is 0 Å². The number of morpholine rings is 1. The van der Waals surface area contributed by atoms with Crippen molar-refractivity contribution in [2.45, 2.75) is 32.4 Å². The van der Waals surface area contributed by atoms with Crippen molar-refractivity contribution in [3.05, 3.63) is 0 Å². The van der Waals surface area contributed by atoms with Crippen molar-refractivity contribution in [2.75, 3.05) is 26.3 Å². The molecule has 1 saturated heterocycles. The van der Waals surface area contributed by atoms with Crippen LogP contribution in [0.5, 0.6) is 0 Å². The lowest BCUT2D eigenvalue weighted by molar-refractivity contribution is -0.141. The maximum absolute atomic E-state index is 11.7. The summed E-state index contributed by atoms with van der Waals surface area (Å²) in [5.74, 6) is -1.40. The Bertz CT molecular complexity index is 372. The summed E-state index contributed by atoms with van der Waals surface area (Å²) in [5, 5.41) is 13.6. The third-order valence-corrected chi connectivity index (χ3v) is 2.78. The molecule has 1 fully saturated rings. The van der Waals surface area contributed by atoms with E-state index in [9.17, 15) is 14.4 Å². The first-order chi connectivity index (χ1) is 9.38. The molecule has 0 aliphatic carbocycles. The molecule has 20 heavy (non-hydrogen) atoms. The average Bonchev–Trinajstić information content (AvgIpc) is 2.29. The lowest BCUT2D eigenvalue weighted by Gasteiger charge is -2.34. The Hall–Kier alpha value is -1.67. The molecule has 1 rings (SSSR count). The molecule has 0 aromatic heterocycles. The van der Waals surface area contributed by atoms with Crippen molar-refractivity contribution in [1.29, 1.82) is 0 Å². The molecule has 0 saturated carbocycles. The normalized spacial score (nSPS) is 19.6. The fraction of sp³-hybridized carbons (Fsp3) is 0.750. The Labute approximate surface area is 117 Å². The second-order valence-corrected chi connectivity index (χ2v) is 4.97. The van der Waals surface area contributed by atoms with Crippen LogP contribution in [0, 0.1) is 0 Å². The largest absolute Gasteiger partial charge is 0.481 e. The van der Waals surface area contributed by atoms with Gasteiger partial charge >= 0.3 is 12.0 Å². The molecule has 1 unspecified atom stereocenters. The van der Waals surface area contributed by atoms with E-state index in [1.165, 1.54) is 0 Å². The number of carboxylic acid groups (broad SMARTS) is 1. The van der Waals surface area contributed by atoms with E-state index >= 15 is 0 Å². The van der Waals surface area contributed by atoms with Gasteiger partial charge in [0.05, 0.1) is 26.2 Å². The highest BCUT2D eigenvalue weighted by atomic mass is 16.5. The van der Waals surface area contributed by atoms with Crippen LogP contribution in [0.1, 0.15) is 20.3 Å². The quantitative estimate of drug-likeness (QED) is 0.623. The summed E-state index contributed by atoms with van der Waals surface area (Å²) in [6.07, 6.45) is -0.0918. The highest BCUT2D eigenvalue weighted by molar-refractivity contribution is 5.95. The summed E-state index contributed by atoms with van der Waals surface area (Å²) in [4.78, 5) is 35.6. The summed E-state index contributed by atoms with van der Waals surface area (Å²) in [5.41, 5.74) is 0. The van der Waals surface area contributed by atoms with E-state index in [2.05, 4.69) is 10.6 Å². The van der Waals surface area contributed by atoms with Gasteiger partial charge in [0.25, 0.3) is 0 Å². The summed E-state index contributed by atoms with van der Waals surface area (Å²) in [7, 11) is 0. The van der Waals surface area contributed by atoms with Crippen LogP contribution in [-0.2, 0) is 14.3 Å².